The van der Waals surface area contributed by atoms with Crippen molar-refractivity contribution in [3.05, 3.63) is 46.8 Å². The fourth-order valence-corrected chi connectivity index (χ4v) is 3.53. The van der Waals surface area contributed by atoms with Gasteiger partial charge in [-0.25, -0.2) is 9.48 Å². The van der Waals surface area contributed by atoms with Crippen LogP contribution in [0.4, 0.5) is 0 Å². The van der Waals surface area contributed by atoms with Crippen LogP contribution in [0.2, 0.25) is 0 Å². The summed E-state index contributed by atoms with van der Waals surface area (Å²) >= 11 is 0. The van der Waals surface area contributed by atoms with Crippen molar-refractivity contribution in [3.8, 4) is 5.75 Å². The zero-order valence-corrected chi connectivity index (χ0v) is 19.4. The first-order valence-electron chi connectivity index (χ1n) is 11.5. The van der Waals surface area contributed by atoms with Crippen LogP contribution in [-0.4, -0.2) is 34.9 Å². The van der Waals surface area contributed by atoms with Gasteiger partial charge in [-0.05, 0) is 62.9 Å². The second-order valence-corrected chi connectivity index (χ2v) is 7.92. The van der Waals surface area contributed by atoms with Crippen molar-refractivity contribution in [2.75, 3.05) is 13.2 Å². The first-order valence-corrected chi connectivity index (χ1v) is 11.5. The summed E-state index contributed by atoms with van der Waals surface area (Å²) in [5.41, 5.74) is 3.44. The average Bonchev–Trinajstić information content (AvgIpc) is 3.06. The maximum Gasteiger partial charge on any atom is 0.338 e. The number of hydrogen-bond acceptors (Lipinski definition) is 5. The van der Waals surface area contributed by atoms with Gasteiger partial charge in [0, 0.05) is 5.69 Å². The van der Waals surface area contributed by atoms with E-state index < -0.39 is 0 Å². The summed E-state index contributed by atoms with van der Waals surface area (Å²) in [6.07, 6.45) is 9.18. The molecule has 0 aliphatic heterocycles. The molecule has 0 saturated heterocycles. The molecular weight excluding hydrogens is 392 g/mol. The molecule has 0 N–H and O–H groups in total. The molecule has 0 amide bonds. The molecule has 1 aromatic carbocycles. The van der Waals surface area contributed by atoms with Crippen LogP contribution < -0.4 is 4.74 Å². The molecule has 0 bridgehead atoms. The number of ether oxygens (including phenoxy) is 2. The van der Waals surface area contributed by atoms with Gasteiger partial charge in [-0.3, -0.25) is 4.79 Å². The molecule has 2 rings (SSSR count). The highest BCUT2D eigenvalue weighted by Crippen LogP contribution is 2.18. The molecule has 0 saturated carbocycles. The van der Waals surface area contributed by atoms with Crippen LogP contribution in [0.25, 0.3) is 0 Å². The van der Waals surface area contributed by atoms with Crippen molar-refractivity contribution >= 4 is 11.9 Å². The minimum absolute atomic E-state index is 0.113. The number of carbonyl (C=O) groups excluding carboxylic acids is 2. The van der Waals surface area contributed by atoms with Crippen LogP contribution in [0.3, 0.4) is 0 Å². The highest BCUT2D eigenvalue weighted by atomic mass is 16.5. The lowest BCUT2D eigenvalue weighted by molar-refractivity contribution is 0.0504. The standard InChI is InChI=1S/C25H36N2O4/c1-5-7-8-9-10-11-12-23-19(3)26-27(20(23)4)24(28)18-31-22-15-13-21(14-16-22)25(29)30-17-6-2/h13-16H,5-12,17-18H2,1-4H3. The van der Waals surface area contributed by atoms with Gasteiger partial charge in [-0.2, -0.15) is 5.10 Å². The summed E-state index contributed by atoms with van der Waals surface area (Å²) < 4.78 is 12.2. The monoisotopic (exact) mass is 428 g/mol. The average molecular weight is 429 g/mol. The molecule has 0 aliphatic carbocycles. The number of aromatic nitrogens is 2. The number of esters is 1. The fourth-order valence-electron chi connectivity index (χ4n) is 3.53. The Kier molecular flexibility index (Phi) is 10.3. The number of nitrogens with zero attached hydrogens (tertiary/aromatic N) is 2. The minimum atomic E-state index is -0.356. The summed E-state index contributed by atoms with van der Waals surface area (Å²) in [5.74, 6) is -0.0412. The normalized spacial score (nSPS) is 10.8. The van der Waals surface area contributed by atoms with Gasteiger partial charge in [0.2, 0.25) is 0 Å². The first-order chi connectivity index (χ1) is 15.0. The largest absolute Gasteiger partial charge is 0.484 e. The predicted octanol–water partition coefficient (Wildman–Crippen LogP) is 5.69. The third-order valence-corrected chi connectivity index (χ3v) is 5.35. The lowest BCUT2D eigenvalue weighted by Crippen LogP contribution is -2.21. The van der Waals surface area contributed by atoms with E-state index in [-0.39, 0.29) is 18.5 Å². The number of aryl methyl sites for hydroxylation is 1. The molecule has 1 heterocycles. The van der Waals surface area contributed by atoms with E-state index in [1.807, 2.05) is 20.8 Å². The molecule has 1 aromatic heterocycles. The molecule has 0 unspecified atom stereocenters. The summed E-state index contributed by atoms with van der Waals surface area (Å²) in [6, 6.07) is 6.61. The minimum Gasteiger partial charge on any atom is -0.484 e. The highest BCUT2D eigenvalue weighted by Gasteiger charge is 2.17. The molecule has 6 nitrogen and oxygen atoms in total. The van der Waals surface area contributed by atoms with E-state index in [2.05, 4.69) is 12.0 Å². The number of hydrogen-bond donors (Lipinski definition) is 0. The van der Waals surface area contributed by atoms with E-state index in [0.717, 1.165) is 30.7 Å². The zero-order valence-electron chi connectivity index (χ0n) is 19.4. The van der Waals surface area contributed by atoms with Gasteiger partial charge in [0.15, 0.2) is 6.61 Å². The van der Waals surface area contributed by atoms with Gasteiger partial charge >= 0.3 is 5.97 Å². The molecule has 0 fully saturated rings. The molecule has 170 valence electrons. The Morgan fingerprint density at radius 1 is 0.935 bits per heavy atom. The SMILES string of the molecule is CCCCCCCCc1c(C)nn(C(=O)COc2ccc(C(=O)OCCC)cc2)c1C. The van der Waals surface area contributed by atoms with Crippen molar-refractivity contribution < 1.29 is 19.1 Å². The van der Waals surface area contributed by atoms with Crippen LogP contribution in [0.15, 0.2) is 24.3 Å². The second kappa shape index (κ2) is 12.9. The van der Waals surface area contributed by atoms with E-state index in [0.29, 0.717) is 17.9 Å². The van der Waals surface area contributed by atoms with Crippen LogP contribution in [0, 0.1) is 13.8 Å². The van der Waals surface area contributed by atoms with Crippen molar-refractivity contribution in [1.82, 2.24) is 9.78 Å². The van der Waals surface area contributed by atoms with Gasteiger partial charge in [-0.1, -0.05) is 46.0 Å². The van der Waals surface area contributed by atoms with E-state index in [9.17, 15) is 9.59 Å². The molecule has 6 heteroatoms. The van der Waals surface area contributed by atoms with Crippen molar-refractivity contribution in [2.24, 2.45) is 0 Å². The van der Waals surface area contributed by atoms with Gasteiger partial charge in [0.05, 0.1) is 17.9 Å². The van der Waals surface area contributed by atoms with Crippen molar-refractivity contribution in [2.45, 2.75) is 79.1 Å². The zero-order chi connectivity index (χ0) is 22.6. The third-order valence-electron chi connectivity index (χ3n) is 5.35. The molecule has 0 spiro atoms. The summed E-state index contributed by atoms with van der Waals surface area (Å²) in [7, 11) is 0. The van der Waals surface area contributed by atoms with Crippen LogP contribution in [0.5, 0.6) is 5.75 Å². The smallest absolute Gasteiger partial charge is 0.338 e. The third kappa shape index (κ3) is 7.53. The maximum absolute atomic E-state index is 12.6. The van der Waals surface area contributed by atoms with Crippen molar-refractivity contribution in [1.29, 1.82) is 0 Å². The van der Waals surface area contributed by atoms with Crippen LogP contribution >= 0.6 is 0 Å². The van der Waals surface area contributed by atoms with Gasteiger partial charge in [0.25, 0.3) is 5.91 Å². The van der Waals surface area contributed by atoms with Crippen LogP contribution in [-0.2, 0) is 11.2 Å². The lowest BCUT2D eigenvalue weighted by atomic mass is 10.0. The molecule has 0 atom stereocenters. The van der Waals surface area contributed by atoms with Gasteiger partial charge in [-0.15, -0.1) is 0 Å². The molecule has 0 radical (unpaired) electrons. The molecular formula is C25H36N2O4. The van der Waals surface area contributed by atoms with E-state index in [1.165, 1.54) is 42.3 Å². The number of benzene rings is 1. The van der Waals surface area contributed by atoms with E-state index in [4.69, 9.17) is 9.47 Å². The van der Waals surface area contributed by atoms with Crippen LogP contribution in [0.1, 0.15) is 90.9 Å². The van der Waals surface area contributed by atoms with Crippen molar-refractivity contribution in [3.63, 3.8) is 0 Å². The number of carbonyl (C=O) groups is 2. The molecule has 0 aliphatic rings. The maximum atomic E-state index is 12.6. The number of rotatable bonds is 13. The Hall–Kier alpha value is -2.63. The Morgan fingerprint density at radius 2 is 1.61 bits per heavy atom. The quantitative estimate of drug-likeness (QED) is 0.303. The Labute approximate surface area is 185 Å². The van der Waals surface area contributed by atoms with Gasteiger partial charge in [0.1, 0.15) is 5.75 Å². The summed E-state index contributed by atoms with van der Waals surface area (Å²) in [4.78, 5) is 24.5. The van der Waals surface area contributed by atoms with Gasteiger partial charge < -0.3 is 9.47 Å². The Bertz CT molecular complexity index is 840. The highest BCUT2D eigenvalue weighted by molar-refractivity contribution is 5.89. The number of unbranched alkanes of at least 4 members (excludes halogenated alkanes) is 5. The lowest BCUT2D eigenvalue weighted by Gasteiger charge is -2.08. The Morgan fingerprint density at radius 3 is 2.29 bits per heavy atom. The molecule has 31 heavy (non-hydrogen) atoms. The molecule has 2 aromatic rings. The fraction of sp³-hybridized carbons (Fsp3) is 0.560. The van der Waals surface area contributed by atoms with E-state index in [1.54, 1.807) is 24.3 Å². The van der Waals surface area contributed by atoms with E-state index >= 15 is 0 Å². The summed E-state index contributed by atoms with van der Waals surface area (Å²) in [6.45, 7) is 8.36. The second-order valence-electron chi connectivity index (χ2n) is 7.92. The Balaban J connectivity index is 1.87. The first kappa shape index (κ1) is 24.6. The topological polar surface area (TPSA) is 70.4 Å². The summed E-state index contributed by atoms with van der Waals surface area (Å²) in [5, 5.41) is 4.44. The predicted molar refractivity (Wildman–Crippen MR) is 122 cm³/mol.